The Bertz CT molecular complexity index is 1070. The van der Waals surface area contributed by atoms with Crippen molar-refractivity contribution in [2.24, 2.45) is 10.8 Å². The second kappa shape index (κ2) is 13.6. The number of nitrogens with zero attached hydrogens (tertiary/aromatic N) is 2. The first-order valence-corrected chi connectivity index (χ1v) is 14.8. The molecule has 40 heavy (non-hydrogen) atoms. The molecule has 1 saturated heterocycles. The van der Waals surface area contributed by atoms with E-state index in [9.17, 15) is 9.59 Å². The van der Waals surface area contributed by atoms with Crippen LogP contribution in [0.15, 0.2) is 36.4 Å². The Labute approximate surface area is 242 Å². The van der Waals surface area contributed by atoms with Gasteiger partial charge < -0.3 is 19.3 Å². The molecule has 6 heteroatoms. The Hall–Kier alpha value is -3.02. The molecule has 2 aromatic carbocycles. The molecule has 1 aliphatic heterocycles. The van der Waals surface area contributed by atoms with Crippen molar-refractivity contribution in [1.82, 2.24) is 9.80 Å². The number of aryl methyl sites for hydroxylation is 4. The fraction of sp³-hybridized carbons (Fsp3) is 0.588. The predicted molar refractivity (Wildman–Crippen MR) is 162 cm³/mol. The van der Waals surface area contributed by atoms with E-state index < -0.39 is 10.8 Å². The van der Waals surface area contributed by atoms with Crippen LogP contribution in [0, 0.1) is 38.5 Å². The Kier molecular flexibility index (Phi) is 10.7. The Balaban J connectivity index is 1.40. The third kappa shape index (κ3) is 8.49. The summed E-state index contributed by atoms with van der Waals surface area (Å²) in [5.41, 5.74) is 3.68. The number of amides is 2. The first kappa shape index (κ1) is 31.5. The molecule has 0 aliphatic carbocycles. The third-order valence-electron chi connectivity index (χ3n) is 8.11. The number of carbonyl (C=O) groups is 2. The van der Waals surface area contributed by atoms with Crippen LogP contribution in [0.25, 0.3) is 0 Å². The van der Waals surface area contributed by atoms with Crippen molar-refractivity contribution in [2.75, 3.05) is 39.4 Å². The van der Waals surface area contributed by atoms with E-state index in [1.54, 1.807) is 0 Å². The van der Waals surface area contributed by atoms with Crippen LogP contribution in [0.1, 0.15) is 75.6 Å². The van der Waals surface area contributed by atoms with E-state index >= 15 is 0 Å². The molecule has 0 saturated carbocycles. The molecule has 3 rings (SSSR count). The van der Waals surface area contributed by atoms with Gasteiger partial charge in [0.1, 0.15) is 11.5 Å². The number of hydrogen-bond acceptors (Lipinski definition) is 4. The van der Waals surface area contributed by atoms with Gasteiger partial charge in [-0.25, -0.2) is 0 Å². The van der Waals surface area contributed by atoms with Crippen LogP contribution in [0.3, 0.4) is 0 Å². The lowest BCUT2D eigenvalue weighted by Crippen LogP contribution is -2.55. The maximum absolute atomic E-state index is 13.4. The van der Waals surface area contributed by atoms with Crippen molar-refractivity contribution in [1.29, 1.82) is 0 Å². The average Bonchev–Trinajstić information content (AvgIpc) is 2.92. The summed E-state index contributed by atoms with van der Waals surface area (Å²) < 4.78 is 12.0. The minimum absolute atomic E-state index is 0.161. The van der Waals surface area contributed by atoms with Crippen LogP contribution in [0.2, 0.25) is 0 Å². The van der Waals surface area contributed by atoms with Crippen LogP contribution in [0.4, 0.5) is 0 Å². The highest BCUT2D eigenvalue weighted by atomic mass is 16.5. The zero-order chi connectivity index (χ0) is 29.5. The van der Waals surface area contributed by atoms with Crippen molar-refractivity contribution in [2.45, 2.75) is 81.1 Å². The van der Waals surface area contributed by atoms with E-state index in [1.807, 2.05) is 37.5 Å². The average molecular weight is 551 g/mol. The van der Waals surface area contributed by atoms with Crippen LogP contribution in [0.5, 0.6) is 11.5 Å². The van der Waals surface area contributed by atoms with Crippen molar-refractivity contribution in [3.63, 3.8) is 0 Å². The molecular formula is C34H50N2O4. The lowest BCUT2D eigenvalue weighted by atomic mass is 9.85. The molecule has 0 aromatic heterocycles. The first-order chi connectivity index (χ1) is 18.8. The molecule has 0 unspecified atom stereocenters. The van der Waals surface area contributed by atoms with Crippen LogP contribution >= 0.6 is 0 Å². The fourth-order valence-electron chi connectivity index (χ4n) is 5.30. The van der Waals surface area contributed by atoms with Gasteiger partial charge >= 0.3 is 0 Å². The van der Waals surface area contributed by atoms with Crippen LogP contribution < -0.4 is 9.47 Å². The van der Waals surface area contributed by atoms with Crippen molar-refractivity contribution < 1.29 is 19.1 Å². The molecule has 2 aromatic rings. The lowest BCUT2D eigenvalue weighted by Gasteiger charge is -2.41. The number of hydrogen-bond donors (Lipinski definition) is 0. The summed E-state index contributed by atoms with van der Waals surface area (Å²) in [5, 5.41) is 0. The monoisotopic (exact) mass is 550 g/mol. The van der Waals surface area contributed by atoms with Gasteiger partial charge in [-0.05, 0) is 87.8 Å². The van der Waals surface area contributed by atoms with Gasteiger partial charge in [0.2, 0.25) is 11.8 Å². The topological polar surface area (TPSA) is 59.1 Å². The molecular weight excluding hydrogens is 500 g/mol. The summed E-state index contributed by atoms with van der Waals surface area (Å²) in [4.78, 5) is 30.6. The number of rotatable bonds is 12. The van der Waals surface area contributed by atoms with E-state index in [0.29, 0.717) is 39.4 Å². The van der Waals surface area contributed by atoms with Gasteiger partial charge in [0.05, 0.1) is 13.2 Å². The number of ether oxygens (including phenoxy) is 2. The fourth-order valence-corrected chi connectivity index (χ4v) is 5.30. The molecule has 0 N–H and O–H groups in total. The molecule has 1 heterocycles. The first-order valence-electron chi connectivity index (χ1n) is 14.8. The second-order valence-corrected chi connectivity index (χ2v) is 12.8. The highest BCUT2D eigenvalue weighted by molar-refractivity contribution is 5.84. The standard InChI is InChI=1S/C34H50N2O4/c1-25-11-13-27(3)29(23-25)39-21-9-15-33(5,6)31(37)35-17-19-36(20-18-35)32(38)34(7,8)16-10-22-40-30-24-26(2)12-14-28(30)4/h11-14,23-24H,9-10,15-22H2,1-8H3. The van der Waals surface area contributed by atoms with Gasteiger partial charge in [-0.2, -0.15) is 0 Å². The molecule has 0 spiro atoms. The summed E-state index contributed by atoms with van der Waals surface area (Å²) in [6.45, 7) is 19.8. The smallest absolute Gasteiger partial charge is 0.228 e. The van der Waals surface area contributed by atoms with Crippen LogP contribution in [-0.2, 0) is 9.59 Å². The zero-order valence-corrected chi connectivity index (χ0v) is 26.1. The van der Waals surface area contributed by atoms with Crippen molar-refractivity contribution >= 4 is 11.8 Å². The minimum Gasteiger partial charge on any atom is -0.493 e. The number of benzene rings is 2. The third-order valence-corrected chi connectivity index (χ3v) is 8.11. The summed E-state index contributed by atoms with van der Waals surface area (Å²) >= 11 is 0. The zero-order valence-electron chi connectivity index (χ0n) is 26.1. The summed E-state index contributed by atoms with van der Waals surface area (Å²) in [6, 6.07) is 12.4. The number of piperazine rings is 1. The molecule has 0 radical (unpaired) electrons. The van der Waals surface area contributed by atoms with Gasteiger partial charge in [-0.3, -0.25) is 9.59 Å². The lowest BCUT2D eigenvalue weighted by molar-refractivity contribution is -0.149. The van der Waals surface area contributed by atoms with E-state index in [4.69, 9.17) is 9.47 Å². The Morgan fingerprint density at radius 3 is 1.35 bits per heavy atom. The van der Waals surface area contributed by atoms with Gasteiger partial charge in [0.25, 0.3) is 0 Å². The minimum atomic E-state index is -0.466. The van der Waals surface area contributed by atoms with Gasteiger partial charge in [0.15, 0.2) is 0 Å². The van der Waals surface area contributed by atoms with Crippen molar-refractivity contribution in [3.05, 3.63) is 58.7 Å². The van der Waals surface area contributed by atoms with Gasteiger partial charge in [-0.1, -0.05) is 52.0 Å². The van der Waals surface area contributed by atoms with Gasteiger partial charge in [0, 0.05) is 37.0 Å². The molecule has 0 bridgehead atoms. The number of carbonyl (C=O) groups excluding carboxylic acids is 2. The highest BCUT2D eigenvalue weighted by Crippen LogP contribution is 2.29. The normalized spacial score (nSPS) is 14.3. The molecule has 6 nitrogen and oxygen atoms in total. The Morgan fingerprint density at radius 1 is 0.650 bits per heavy atom. The largest absolute Gasteiger partial charge is 0.493 e. The molecule has 2 amide bonds. The second-order valence-electron chi connectivity index (χ2n) is 12.8. The molecule has 1 fully saturated rings. The summed E-state index contributed by atoms with van der Waals surface area (Å²) in [7, 11) is 0. The maximum Gasteiger partial charge on any atom is 0.228 e. The van der Waals surface area contributed by atoms with E-state index in [2.05, 4.69) is 64.1 Å². The van der Waals surface area contributed by atoms with Crippen molar-refractivity contribution in [3.8, 4) is 11.5 Å². The summed E-state index contributed by atoms with van der Waals surface area (Å²) in [5.74, 6) is 2.16. The molecule has 1 aliphatic rings. The highest BCUT2D eigenvalue weighted by Gasteiger charge is 2.37. The van der Waals surface area contributed by atoms with Crippen LogP contribution in [-0.4, -0.2) is 61.0 Å². The predicted octanol–water partition coefficient (Wildman–Crippen LogP) is 6.66. The van der Waals surface area contributed by atoms with E-state index in [-0.39, 0.29) is 11.8 Å². The quantitative estimate of drug-likeness (QED) is 0.277. The van der Waals surface area contributed by atoms with Gasteiger partial charge in [-0.15, -0.1) is 0 Å². The molecule has 0 atom stereocenters. The Morgan fingerprint density at radius 2 is 1.00 bits per heavy atom. The van der Waals surface area contributed by atoms with E-state index in [1.165, 1.54) is 11.1 Å². The maximum atomic E-state index is 13.4. The SMILES string of the molecule is Cc1ccc(C)c(OCCCC(C)(C)C(=O)N2CCN(C(=O)C(C)(C)CCCOc3cc(C)ccc3C)CC2)c1. The molecule has 220 valence electrons. The van der Waals surface area contributed by atoms with E-state index in [0.717, 1.165) is 48.3 Å². The summed E-state index contributed by atoms with van der Waals surface area (Å²) in [6.07, 6.45) is 3.14.